The molecule has 1 aliphatic heterocycles. The molecule has 1 aliphatic rings. The predicted octanol–water partition coefficient (Wildman–Crippen LogP) is 0.594. The topological polar surface area (TPSA) is 67.0 Å². The monoisotopic (exact) mass is 241 g/mol. The summed E-state index contributed by atoms with van der Waals surface area (Å²) in [6.45, 7) is 5.16. The van der Waals surface area contributed by atoms with E-state index < -0.39 is 0 Å². The van der Waals surface area contributed by atoms with Gasteiger partial charge in [0.2, 0.25) is 0 Å². The predicted molar refractivity (Wildman–Crippen MR) is 66.3 cm³/mol. The molecule has 1 aromatic heterocycles. The minimum absolute atomic E-state index is 0.468. The largest absolute Gasteiger partial charge is 0.297 e. The van der Waals surface area contributed by atoms with Gasteiger partial charge in [-0.3, -0.25) is 9.80 Å². The molecule has 0 amide bonds. The van der Waals surface area contributed by atoms with E-state index in [9.17, 15) is 0 Å². The number of nitriles is 2. The Labute approximate surface area is 107 Å². The van der Waals surface area contributed by atoms with E-state index in [1.54, 1.807) is 6.20 Å². The lowest BCUT2D eigenvalue weighted by Gasteiger charge is -2.33. The first-order valence-electron chi connectivity index (χ1n) is 5.98. The van der Waals surface area contributed by atoms with Gasteiger partial charge in [0.05, 0.1) is 12.6 Å². The molecular formula is C13H15N5. The maximum absolute atomic E-state index is 8.80. The zero-order valence-corrected chi connectivity index (χ0v) is 10.2. The Morgan fingerprint density at radius 3 is 2.56 bits per heavy atom. The Balaban J connectivity index is 1.88. The van der Waals surface area contributed by atoms with Gasteiger partial charge in [-0.25, -0.2) is 4.98 Å². The van der Waals surface area contributed by atoms with Crippen molar-refractivity contribution in [3.8, 4) is 12.1 Å². The van der Waals surface area contributed by atoms with Crippen molar-refractivity contribution in [1.29, 1.82) is 10.5 Å². The summed E-state index contributed by atoms with van der Waals surface area (Å²) in [6.07, 6.45) is 1.68. The summed E-state index contributed by atoms with van der Waals surface area (Å²) in [4.78, 5) is 8.46. The summed E-state index contributed by atoms with van der Waals surface area (Å²) < 4.78 is 0. The van der Waals surface area contributed by atoms with Crippen LogP contribution < -0.4 is 0 Å². The first kappa shape index (κ1) is 12.5. The standard InChI is InChI=1S/C13H15N5/c14-2-4-17-5-7-18(8-6-17)11-12-1-3-16-13(9-12)10-15/h1,3,9H,4-8,11H2. The van der Waals surface area contributed by atoms with E-state index in [4.69, 9.17) is 10.5 Å². The smallest absolute Gasteiger partial charge is 0.140 e. The van der Waals surface area contributed by atoms with E-state index in [0.29, 0.717) is 12.2 Å². The maximum atomic E-state index is 8.80. The molecule has 92 valence electrons. The molecule has 0 radical (unpaired) electrons. The van der Waals surface area contributed by atoms with Crippen LogP contribution in [-0.4, -0.2) is 47.5 Å². The van der Waals surface area contributed by atoms with Gasteiger partial charge in [-0.1, -0.05) is 0 Å². The number of nitrogens with zero attached hydrogens (tertiary/aromatic N) is 5. The summed E-state index contributed by atoms with van der Waals surface area (Å²) in [5, 5.41) is 17.4. The Kier molecular flexibility index (Phi) is 4.25. The van der Waals surface area contributed by atoms with Gasteiger partial charge in [0.15, 0.2) is 0 Å². The average molecular weight is 241 g/mol. The summed E-state index contributed by atoms with van der Waals surface area (Å²) in [6, 6.07) is 8.02. The Bertz CT molecular complexity index is 477. The summed E-state index contributed by atoms with van der Waals surface area (Å²) in [5.41, 5.74) is 1.59. The molecule has 18 heavy (non-hydrogen) atoms. The van der Waals surface area contributed by atoms with Crippen molar-refractivity contribution < 1.29 is 0 Å². The van der Waals surface area contributed by atoms with Crippen molar-refractivity contribution in [2.24, 2.45) is 0 Å². The first-order chi connectivity index (χ1) is 8.81. The van der Waals surface area contributed by atoms with Crippen molar-refractivity contribution in [3.05, 3.63) is 29.6 Å². The third kappa shape index (κ3) is 3.27. The average Bonchev–Trinajstić information content (AvgIpc) is 2.42. The Morgan fingerprint density at radius 2 is 1.89 bits per heavy atom. The van der Waals surface area contributed by atoms with E-state index in [2.05, 4.69) is 26.9 Å². The quantitative estimate of drug-likeness (QED) is 0.725. The molecule has 0 bridgehead atoms. The van der Waals surface area contributed by atoms with Gasteiger partial charge in [-0.2, -0.15) is 10.5 Å². The van der Waals surface area contributed by atoms with Crippen molar-refractivity contribution >= 4 is 0 Å². The molecule has 0 aliphatic carbocycles. The first-order valence-corrected chi connectivity index (χ1v) is 5.98. The summed E-state index contributed by atoms with van der Waals surface area (Å²) >= 11 is 0. The van der Waals surface area contributed by atoms with Crippen molar-refractivity contribution in [3.63, 3.8) is 0 Å². The zero-order chi connectivity index (χ0) is 12.8. The molecule has 2 rings (SSSR count). The van der Waals surface area contributed by atoms with Gasteiger partial charge in [-0.05, 0) is 17.7 Å². The highest BCUT2D eigenvalue weighted by Gasteiger charge is 2.16. The second-order valence-electron chi connectivity index (χ2n) is 4.37. The van der Waals surface area contributed by atoms with Crippen LogP contribution in [0.3, 0.4) is 0 Å². The molecular weight excluding hydrogens is 226 g/mol. The van der Waals surface area contributed by atoms with Crippen LogP contribution in [0, 0.1) is 22.7 Å². The van der Waals surface area contributed by atoms with Gasteiger partial charge in [-0.15, -0.1) is 0 Å². The second kappa shape index (κ2) is 6.11. The fourth-order valence-corrected chi connectivity index (χ4v) is 2.10. The van der Waals surface area contributed by atoms with Crippen molar-refractivity contribution in [2.45, 2.75) is 6.54 Å². The molecule has 5 nitrogen and oxygen atoms in total. The van der Waals surface area contributed by atoms with E-state index in [1.807, 2.05) is 12.1 Å². The van der Waals surface area contributed by atoms with Crippen LogP contribution in [0.15, 0.2) is 18.3 Å². The Hall–Kier alpha value is -1.95. The zero-order valence-electron chi connectivity index (χ0n) is 10.2. The summed E-state index contributed by atoms with van der Waals surface area (Å²) in [5.74, 6) is 0. The molecule has 0 spiro atoms. The van der Waals surface area contributed by atoms with Crippen LogP contribution in [-0.2, 0) is 6.54 Å². The number of hydrogen-bond donors (Lipinski definition) is 0. The number of aromatic nitrogens is 1. The van der Waals surface area contributed by atoms with Gasteiger partial charge >= 0.3 is 0 Å². The highest BCUT2D eigenvalue weighted by atomic mass is 15.3. The van der Waals surface area contributed by atoms with Gasteiger partial charge < -0.3 is 0 Å². The molecule has 5 heteroatoms. The molecule has 1 fully saturated rings. The van der Waals surface area contributed by atoms with E-state index in [0.717, 1.165) is 38.3 Å². The molecule has 0 saturated carbocycles. The molecule has 0 atom stereocenters. The third-order valence-corrected chi connectivity index (χ3v) is 3.10. The minimum Gasteiger partial charge on any atom is -0.297 e. The van der Waals surface area contributed by atoms with Crippen molar-refractivity contribution in [1.82, 2.24) is 14.8 Å². The van der Waals surface area contributed by atoms with Gasteiger partial charge in [0.1, 0.15) is 11.8 Å². The van der Waals surface area contributed by atoms with Crippen LogP contribution in [0.5, 0.6) is 0 Å². The lowest BCUT2D eigenvalue weighted by atomic mass is 10.2. The number of hydrogen-bond acceptors (Lipinski definition) is 5. The fraction of sp³-hybridized carbons (Fsp3) is 0.462. The van der Waals surface area contributed by atoms with Crippen LogP contribution in [0.2, 0.25) is 0 Å². The lowest BCUT2D eigenvalue weighted by Crippen LogP contribution is -2.45. The normalized spacial score (nSPS) is 17.0. The molecule has 1 aromatic rings. The Morgan fingerprint density at radius 1 is 1.17 bits per heavy atom. The number of rotatable bonds is 3. The molecule has 0 N–H and O–H groups in total. The fourth-order valence-electron chi connectivity index (χ4n) is 2.10. The van der Waals surface area contributed by atoms with E-state index in [1.165, 1.54) is 0 Å². The lowest BCUT2D eigenvalue weighted by molar-refractivity contribution is 0.138. The van der Waals surface area contributed by atoms with E-state index >= 15 is 0 Å². The minimum atomic E-state index is 0.468. The van der Waals surface area contributed by atoms with Crippen molar-refractivity contribution in [2.75, 3.05) is 32.7 Å². The highest BCUT2D eigenvalue weighted by Crippen LogP contribution is 2.08. The SMILES string of the molecule is N#CCN1CCN(Cc2ccnc(C#N)c2)CC1. The van der Waals surface area contributed by atoms with Crippen LogP contribution in [0.1, 0.15) is 11.3 Å². The highest BCUT2D eigenvalue weighted by molar-refractivity contribution is 5.25. The van der Waals surface area contributed by atoms with E-state index in [-0.39, 0.29) is 0 Å². The molecule has 0 unspecified atom stereocenters. The third-order valence-electron chi connectivity index (χ3n) is 3.10. The molecule has 0 aromatic carbocycles. The maximum Gasteiger partial charge on any atom is 0.140 e. The number of piperazine rings is 1. The van der Waals surface area contributed by atoms with Gasteiger partial charge in [0.25, 0.3) is 0 Å². The molecule has 1 saturated heterocycles. The second-order valence-corrected chi connectivity index (χ2v) is 4.37. The van der Waals surface area contributed by atoms with Crippen LogP contribution >= 0.6 is 0 Å². The van der Waals surface area contributed by atoms with Crippen LogP contribution in [0.25, 0.3) is 0 Å². The summed E-state index contributed by atoms with van der Waals surface area (Å²) in [7, 11) is 0. The molecule has 2 heterocycles. The van der Waals surface area contributed by atoms with Gasteiger partial charge in [0, 0.05) is 38.9 Å². The van der Waals surface area contributed by atoms with Crippen LogP contribution in [0.4, 0.5) is 0 Å². The number of pyridine rings is 1.